The van der Waals surface area contributed by atoms with Gasteiger partial charge in [0.2, 0.25) is 5.91 Å². The van der Waals surface area contributed by atoms with Gasteiger partial charge in [-0.25, -0.2) is 0 Å². The van der Waals surface area contributed by atoms with E-state index in [2.05, 4.69) is 5.32 Å². The zero-order valence-corrected chi connectivity index (χ0v) is 22.9. The Labute approximate surface area is 238 Å². The number of ketones is 1. The van der Waals surface area contributed by atoms with Gasteiger partial charge in [-0.1, -0.05) is 72.8 Å². The molecule has 0 aliphatic carbocycles. The van der Waals surface area contributed by atoms with Crippen molar-refractivity contribution in [3.63, 3.8) is 0 Å². The number of amides is 3. The van der Waals surface area contributed by atoms with E-state index >= 15 is 0 Å². The van der Waals surface area contributed by atoms with Gasteiger partial charge in [0.1, 0.15) is 12.6 Å². The number of rotatable bonds is 9. The van der Waals surface area contributed by atoms with E-state index in [-0.39, 0.29) is 18.7 Å². The minimum Gasteiger partial charge on any atom is -0.378 e. The first-order chi connectivity index (χ1) is 19.8. The first-order valence-electron chi connectivity index (χ1n) is 13.3. The van der Waals surface area contributed by atoms with Crippen LogP contribution in [0.5, 0.6) is 0 Å². The summed E-state index contributed by atoms with van der Waals surface area (Å²) in [5.41, 5.74) is 3.64. The van der Waals surface area contributed by atoms with Crippen molar-refractivity contribution in [1.29, 1.82) is 0 Å². The molecule has 41 heavy (non-hydrogen) atoms. The molecule has 0 bridgehead atoms. The maximum atomic E-state index is 14.1. The van der Waals surface area contributed by atoms with E-state index in [0.717, 1.165) is 11.3 Å². The van der Waals surface area contributed by atoms with Gasteiger partial charge in [-0.15, -0.1) is 0 Å². The summed E-state index contributed by atoms with van der Waals surface area (Å²) in [5, 5.41) is 2.97. The fourth-order valence-corrected chi connectivity index (χ4v) is 4.90. The molecule has 1 aliphatic heterocycles. The summed E-state index contributed by atoms with van der Waals surface area (Å²) in [6.07, 6.45) is 0. The third-order valence-corrected chi connectivity index (χ3v) is 7.01. The summed E-state index contributed by atoms with van der Waals surface area (Å²) in [7, 11) is 3.87. The predicted octanol–water partition coefficient (Wildman–Crippen LogP) is 4.69. The van der Waals surface area contributed by atoms with Crippen molar-refractivity contribution in [3.8, 4) is 0 Å². The molecule has 0 saturated heterocycles. The number of carbonyl (C=O) groups excluding carboxylic acids is 4. The second-order valence-corrected chi connectivity index (χ2v) is 9.99. The normalized spacial score (nSPS) is 13.0. The van der Waals surface area contributed by atoms with Crippen LogP contribution in [0, 0.1) is 0 Å². The van der Waals surface area contributed by atoms with E-state index in [4.69, 9.17) is 0 Å². The number of anilines is 3. The lowest BCUT2D eigenvalue weighted by atomic mass is 10.0. The first-order valence-corrected chi connectivity index (χ1v) is 13.3. The number of para-hydroxylation sites is 1. The van der Waals surface area contributed by atoms with Crippen LogP contribution in [-0.2, 0) is 20.9 Å². The van der Waals surface area contributed by atoms with Gasteiger partial charge in [-0.3, -0.25) is 24.1 Å². The molecule has 0 saturated carbocycles. The van der Waals surface area contributed by atoms with Crippen molar-refractivity contribution in [2.45, 2.75) is 12.6 Å². The molecule has 0 fully saturated rings. The van der Waals surface area contributed by atoms with Crippen molar-refractivity contribution in [1.82, 2.24) is 4.90 Å². The molecule has 1 N–H and O–H groups in total. The van der Waals surface area contributed by atoms with Crippen molar-refractivity contribution in [2.75, 3.05) is 35.8 Å². The second kappa shape index (κ2) is 11.9. The molecule has 3 amide bonds. The second-order valence-electron chi connectivity index (χ2n) is 9.99. The van der Waals surface area contributed by atoms with Gasteiger partial charge in [0.25, 0.3) is 17.6 Å². The highest BCUT2D eigenvalue weighted by Crippen LogP contribution is 2.30. The molecule has 0 aromatic heterocycles. The number of nitrogens with zero attached hydrogens (tertiary/aromatic N) is 3. The average molecular weight is 547 g/mol. The summed E-state index contributed by atoms with van der Waals surface area (Å²) >= 11 is 0. The average Bonchev–Trinajstić information content (AvgIpc) is 3.23. The van der Waals surface area contributed by atoms with Crippen LogP contribution >= 0.6 is 0 Å². The molecule has 5 rings (SSSR count). The maximum absolute atomic E-state index is 14.1. The fraction of sp³-hybridized carbons (Fsp3) is 0.152. The smallest absolute Gasteiger partial charge is 0.299 e. The molecule has 4 aromatic carbocycles. The van der Waals surface area contributed by atoms with Gasteiger partial charge in [-0.2, -0.15) is 0 Å². The monoisotopic (exact) mass is 546 g/mol. The van der Waals surface area contributed by atoms with Crippen LogP contribution < -0.4 is 15.1 Å². The van der Waals surface area contributed by atoms with Crippen LogP contribution in [-0.4, -0.2) is 49.0 Å². The van der Waals surface area contributed by atoms with E-state index in [9.17, 15) is 19.2 Å². The fourth-order valence-electron chi connectivity index (χ4n) is 4.90. The highest BCUT2D eigenvalue weighted by atomic mass is 16.2. The van der Waals surface area contributed by atoms with E-state index in [1.807, 2.05) is 91.8 Å². The molecule has 1 aliphatic rings. The molecule has 4 aromatic rings. The van der Waals surface area contributed by atoms with Crippen LogP contribution in [0.3, 0.4) is 0 Å². The lowest BCUT2D eigenvalue weighted by molar-refractivity contribution is -0.139. The minimum absolute atomic E-state index is 0.115. The Morgan fingerprint density at radius 2 is 1.39 bits per heavy atom. The number of carbonyl (C=O) groups is 4. The molecule has 1 heterocycles. The van der Waals surface area contributed by atoms with E-state index in [1.54, 1.807) is 36.4 Å². The molecular weight excluding hydrogens is 516 g/mol. The van der Waals surface area contributed by atoms with Crippen molar-refractivity contribution < 1.29 is 19.2 Å². The molecule has 8 heteroatoms. The Balaban J connectivity index is 1.51. The first kappa shape index (κ1) is 27.3. The number of benzene rings is 4. The quantitative estimate of drug-likeness (QED) is 0.308. The summed E-state index contributed by atoms with van der Waals surface area (Å²) < 4.78 is 0. The van der Waals surface area contributed by atoms with Gasteiger partial charge in [0, 0.05) is 32.0 Å². The zero-order valence-electron chi connectivity index (χ0n) is 22.9. The number of Topliss-reactive ketones (excluding diaryl/α,β-unsaturated/α-hetero) is 1. The van der Waals surface area contributed by atoms with Gasteiger partial charge in [0.15, 0.2) is 0 Å². The summed E-state index contributed by atoms with van der Waals surface area (Å²) in [6, 6.07) is 31.4. The number of hydrogen-bond donors (Lipinski definition) is 1. The molecule has 1 atom stereocenters. The Morgan fingerprint density at radius 3 is 2.05 bits per heavy atom. The number of hydrogen-bond acceptors (Lipinski definition) is 5. The summed E-state index contributed by atoms with van der Waals surface area (Å²) in [4.78, 5) is 58.2. The highest BCUT2D eigenvalue weighted by molar-refractivity contribution is 6.52. The topological polar surface area (TPSA) is 90.0 Å². The lowest BCUT2D eigenvalue weighted by Gasteiger charge is -2.33. The number of nitrogens with one attached hydrogen (secondary N) is 1. The van der Waals surface area contributed by atoms with E-state index in [1.165, 1.54) is 9.80 Å². The Kier molecular flexibility index (Phi) is 7.92. The molecule has 0 radical (unpaired) electrons. The standard InChI is InChI=1S/C33H30N4O4/c1-35(2)26-19-17-25(18-20-26)34-32(40)30(24-13-7-4-8-14-24)37(21-23-11-5-3-6-12-23)29(38)22-36-28-16-10-9-15-27(28)31(39)33(36)41/h3-20,30H,21-22H2,1-2H3,(H,34,40)/t30-/m1/s1. The van der Waals surface area contributed by atoms with Crippen molar-refractivity contribution >= 4 is 40.6 Å². The van der Waals surface area contributed by atoms with Crippen LogP contribution in [0.15, 0.2) is 109 Å². The molecular formula is C33H30N4O4. The van der Waals surface area contributed by atoms with Gasteiger partial charge in [-0.05, 0) is 47.5 Å². The SMILES string of the molecule is CN(C)c1ccc(NC(=O)[C@@H](c2ccccc2)N(Cc2ccccc2)C(=O)CN2C(=O)C(=O)c3ccccc32)cc1. The lowest BCUT2D eigenvalue weighted by Crippen LogP contribution is -2.46. The minimum atomic E-state index is -1.01. The summed E-state index contributed by atoms with van der Waals surface area (Å²) in [5.74, 6) is -2.29. The third-order valence-electron chi connectivity index (χ3n) is 7.01. The van der Waals surface area contributed by atoms with Crippen LogP contribution in [0.4, 0.5) is 17.1 Å². The van der Waals surface area contributed by atoms with Gasteiger partial charge < -0.3 is 15.1 Å². The van der Waals surface area contributed by atoms with E-state index < -0.39 is 29.5 Å². The Morgan fingerprint density at radius 1 is 0.780 bits per heavy atom. The summed E-state index contributed by atoms with van der Waals surface area (Å²) in [6.45, 7) is -0.271. The van der Waals surface area contributed by atoms with E-state index in [0.29, 0.717) is 16.9 Å². The zero-order chi connectivity index (χ0) is 28.9. The third kappa shape index (κ3) is 5.86. The molecule has 0 unspecified atom stereocenters. The highest BCUT2D eigenvalue weighted by Gasteiger charge is 2.39. The van der Waals surface area contributed by atoms with Crippen LogP contribution in [0.1, 0.15) is 27.5 Å². The Bertz CT molecular complexity index is 1570. The largest absolute Gasteiger partial charge is 0.378 e. The Hall–Kier alpha value is -5.24. The van der Waals surface area contributed by atoms with Crippen molar-refractivity contribution in [3.05, 3.63) is 126 Å². The number of fused-ring (bicyclic) bond motifs is 1. The van der Waals surface area contributed by atoms with Gasteiger partial charge in [0.05, 0.1) is 11.3 Å². The molecule has 8 nitrogen and oxygen atoms in total. The van der Waals surface area contributed by atoms with Crippen LogP contribution in [0.2, 0.25) is 0 Å². The predicted molar refractivity (Wildman–Crippen MR) is 159 cm³/mol. The molecule has 0 spiro atoms. The maximum Gasteiger partial charge on any atom is 0.299 e. The van der Waals surface area contributed by atoms with Crippen molar-refractivity contribution in [2.24, 2.45) is 0 Å². The van der Waals surface area contributed by atoms with Crippen LogP contribution in [0.25, 0.3) is 0 Å². The molecule has 206 valence electrons. The van der Waals surface area contributed by atoms with Gasteiger partial charge >= 0.3 is 0 Å².